The molecule has 1 aromatic carbocycles. The fourth-order valence-electron chi connectivity index (χ4n) is 3.30. The van der Waals surface area contributed by atoms with Crippen LogP contribution in [-0.4, -0.2) is 41.7 Å². The smallest absolute Gasteiger partial charge is 0.238 e. The minimum absolute atomic E-state index is 0.0242. The molecule has 2 aliphatic rings. The summed E-state index contributed by atoms with van der Waals surface area (Å²) in [4.78, 5) is 15.0. The molecule has 2 unspecified atom stereocenters. The number of hydrogen-bond acceptors (Lipinski definition) is 3. The summed E-state index contributed by atoms with van der Waals surface area (Å²) in [6.45, 7) is 1.92. The third-order valence-electron chi connectivity index (χ3n) is 4.64. The number of amides is 1. The van der Waals surface area contributed by atoms with Gasteiger partial charge in [0.15, 0.2) is 0 Å². The number of rotatable bonds is 6. The number of hydrogen-bond donors (Lipinski definition) is 2. The molecule has 1 heterocycles. The van der Waals surface area contributed by atoms with Gasteiger partial charge in [-0.15, -0.1) is 0 Å². The van der Waals surface area contributed by atoms with Crippen molar-refractivity contribution in [2.75, 3.05) is 19.7 Å². The van der Waals surface area contributed by atoms with E-state index in [1.807, 2.05) is 12.1 Å². The second kappa shape index (κ2) is 6.99. The molecule has 0 aromatic heterocycles. The van der Waals surface area contributed by atoms with Crippen LogP contribution in [0.4, 0.5) is 0 Å². The number of benzene rings is 1. The predicted molar refractivity (Wildman–Crippen MR) is 86.7 cm³/mol. The average Bonchev–Trinajstić information content (AvgIpc) is 3.20. The molecule has 4 nitrogen and oxygen atoms in total. The number of aliphatic hydroxyl groups is 1. The lowest BCUT2D eigenvalue weighted by Crippen LogP contribution is -2.48. The third-order valence-corrected chi connectivity index (χ3v) is 4.89. The van der Waals surface area contributed by atoms with E-state index in [1.165, 1.54) is 12.8 Å². The molecule has 1 aliphatic heterocycles. The number of carbonyl (C=O) groups is 1. The zero-order valence-electron chi connectivity index (χ0n) is 12.7. The van der Waals surface area contributed by atoms with Gasteiger partial charge in [-0.25, -0.2) is 0 Å². The normalized spacial score (nSPS) is 21.5. The van der Waals surface area contributed by atoms with Crippen LogP contribution in [0.15, 0.2) is 24.3 Å². The lowest BCUT2D eigenvalue weighted by atomic mass is 10.1. The van der Waals surface area contributed by atoms with Gasteiger partial charge in [-0.05, 0) is 62.4 Å². The summed E-state index contributed by atoms with van der Waals surface area (Å²) < 4.78 is 0. The van der Waals surface area contributed by atoms with Crippen LogP contribution in [0.2, 0.25) is 5.02 Å². The fraction of sp³-hybridized carbons (Fsp3) is 0.588. The average molecular weight is 323 g/mol. The second-order valence-electron chi connectivity index (χ2n) is 6.32. The van der Waals surface area contributed by atoms with E-state index in [2.05, 4.69) is 10.2 Å². The van der Waals surface area contributed by atoms with Crippen molar-refractivity contribution in [2.45, 2.75) is 37.8 Å². The Hall–Kier alpha value is -1.10. The van der Waals surface area contributed by atoms with E-state index in [1.54, 1.807) is 12.1 Å². The molecule has 2 fully saturated rings. The van der Waals surface area contributed by atoms with Crippen LogP contribution in [0.3, 0.4) is 0 Å². The van der Waals surface area contributed by atoms with Gasteiger partial charge >= 0.3 is 0 Å². The molecule has 1 aromatic rings. The molecule has 1 saturated heterocycles. The van der Waals surface area contributed by atoms with Gasteiger partial charge in [0, 0.05) is 5.02 Å². The van der Waals surface area contributed by atoms with E-state index in [-0.39, 0.29) is 24.6 Å². The molecule has 1 aliphatic carbocycles. The van der Waals surface area contributed by atoms with E-state index in [0.717, 1.165) is 31.5 Å². The van der Waals surface area contributed by atoms with Gasteiger partial charge in [0.25, 0.3) is 0 Å². The number of nitrogens with one attached hydrogen (secondary N) is 1. The Bertz CT molecular complexity index is 510. The van der Waals surface area contributed by atoms with Crippen LogP contribution in [-0.2, 0) is 4.79 Å². The SMILES string of the molecule is O=C(NC(CO)c1ccc(Cl)cc1)C(C1CC1)N1CCCC1. The highest BCUT2D eigenvalue weighted by Gasteiger charge is 2.41. The third kappa shape index (κ3) is 3.62. The molecular formula is C17H23ClN2O2. The Morgan fingerprint density at radius 1 is 1.27 bits per heavy atom. The fourth-order valence-corrected chi connectivity index (χ4v) is 3.42. The molecule has 0 radical (unpaired) electrons. The second-order valence-corrected chi connectivity index (χ2v) is 6.76. The molecule has 1 amide bonds. The molecule has 3 rings (SSSR count). The first kappa shape index (κ1) is 15.8. The summed E-state index contributed by atoms with van der Waals surface area (Å²) in [5, 5.41) is 13.3. The Morgan fingerprint density at radius 2 is 1.91 bits per heavy atom. The minimum atomic E-state index is -0.367. The van der Waals surface area contributed by atoms with Crippen molar-refractivity contribution in [3.8, 4) is 0 Å². The van der Waals surface area contributed by atoms with Crippen molar-refractivity contribution >= 4 is 17.5 Å². The van der Waals surface area contributed by atoms with Crippen LogP contribution in [0.25, 0.3) is 0 Å². The van der Waals surface area contributed by atoms with Crippen LogP contribution < -0.4 is 5.32 Å². The summed E-state index contributed by atoms with van der Waals surface area (Å²) in [6, 6.07) is 6.88. The van der Waals surface area contributed by atoms with E-state index < -0.39 is 0 Å². The lowest BCUT2D eigenvalue weighted by molar-refractivity contribution is -0.128. The summed E-state index contributed by atoms with van der Waals surface area (Å²) in [5.74, 6) is 0.543. The van der Waals surface area contributed by atoms with Crippen molar-refractivity contribution in [1.82, 2.24) is 10.2 Å². The highest BCUT2D eigenvalue weighted by atomic mass is 35.5. The maximum Gasteiger partial charge on any atom is 0.238 e. The van der Waals surface area contributed by atoms with E-state index in [0.29, 0.717) is 10.9 Å². The lowest BCUT2D eigenvalue weighted by Gasteiger charge is -2.28. The maximum atomic E-state index is 12.7. The summed E-state index contributed by atoms with van der Waals surface area (Å²) in [6.07, 6.45) is 4.63. The number of aliphatic hydroxyl groups excluding tert-OH is 1. The van der Waals surface area contributed by atoms with Crippen molar-refractivity contribution in [3.05, 3.63) is 34.9 Å². The highest BCUT2D eigenvalue weighted by molar-refractivity contribution is 6.30. The molecule has 2 atom stereocenters. The van der Waals surface area contributed by atoms with Crippen molar-refractivity contribution in [1.29, 1.82) is 0 Å². The number of likely N-dealkylation sites (tertiary alicyclic amines) is 1. The van der Waals surface area contributed by atoms with Gasteiger partial charge in [0.2, 0.25) is 5.91 Å². The summed E-state index contributed by atoms with van der Waals surface area (Å²) in [7, 11) is 0. The maximum absolute atomic E-state index is 12.7. The Balaban J connectivity index is 1.68. The number of halogens is 1. The first-order chi connectivity index (χ1) is 10.7. The van der Waals surface area contributed by atoms with Crippen molar-refractivity contribution < 1.29 is 9.90 Å². The molecule has 22 heavy (non-hydrogen) atoms. The Kier molecular flexibility index (Phi) is 5.01. The van der Waals surface area contributed by atoms with E-state index in [9.17, 15) is 9.90 Å². The molecule has 1 saturated carbocycles. The Morgan fingerprint density at radius 3 is 2.45 bits per heavy atom. The van der Waals surface area contributed by atoms with Gasteiger partial charge in [0.05, 0.1) is 18.7 Å². The number of nitrogens with zero attached hydrogens (tertiary/aromatic N) is 1. The predicted octanol–water partition coefficient (Wildman–Crippen LogP) is 2.36. The van der Waals surface area contributed by atoms with Crippen LogP contribution in [0, 0.1) is 5.92 Å². The van der Waals surface area contributed by atoms with Gasteiger partial charge < -0.3 is 10.4 Å². The largest absolute Gasteiger partial charge is 0.394 e. The Labute approximate surface area is 136 Å². The van der Waals surface area contributed by atoms with Crippen LogP contribution in [0.5, 0.6) is 0 Å². The van der Waals surface area contributed by atoms with Gasteiger partial charge in [-0.1, -0.05) is 23.7 Å². The van der Waals surface area contributed by atoms with Gasteiger partial charge in [-0.2, -0.15) is 0 Å². The molecule has 120 valence electrons. The van der Waals surface area contributed by atoms with Gasteiger partial charge in [0.1, 0.15) is 0 Å². The quantitative estimate of drug-likeness (QED) is 0.845. The number of carbonyl (C=O) groups excluding carboxylic acids is 1. The summed E-state index contributed by atoms with van der Waals surface area (Å²) >= 11 is 5.90. The molecule has 2 N–H and O–H groups in total. The molecule has 0 bridgehead atoms. The molecular weight excluding hydrogens is 300 g/mol. The zero-order valence-corrected chi connectivity index (χ0v) is 13.4. The highest BCUT2D eigenvalue weighted by Crippen LogP contribution is 2.37. The first-order valence-electron chi connectivity index (χ1n) is 8.10. The first-order valence-corrected chi connectivity index (χ1v) is 8.47. The minimum Gasteiger partial charge on any atom is -0.394 e. The topological polar surface area (TPSA) is 52.6 Å². The van der Waals surface area contributed by atoms with Crippen LogP contribution >= 0.6 is 11.6 Å². The summed E-state index contributed by atoms with van der Waals surface area (Å²) in [5.41, 5.74) is 0.885. The zero-order chi connectivity index (χ0) is 15.5. The van der Waals surface area contributed by atoms with Crippen LogP contribution in [0.1, 0.15) is 37.3 Å². The van der Waals surface area contributed by atoms with Crippen molar-refractivity contribution in [3.63, 3.8) is 0 Å². The standard InChI is InChI=1S/C17H23ClN2O2/c18-14-7-5-12(6-8-14)15(11-21)19-17(22)16(13-3-4-13)20-9-1-2-10-20/h5-8,13,15-16,21H,1-4,9-11H2,(H,19,22). The van der Waals surface area contributed by atoms with E-state index >= 15 is 0 Å². The van der Waals surface area contributed by atoms with Gasteiger partial charge in [-0.3, -0.25) is 9.69 Å². The molecule has 5 heteroatoms. The molecule has 0 spiro atoms. The monoisotopic (exact) mass is 322 g/mol. The van der Waals surface area contributed by atoms with Crippen molar-refractivity contribution in [2.24, 2.45) is 5.92 Å². The van der Waals surface area contributed by atoms with E-state index in [4.69, 9.17) is 11.6 Å².